The minimum Gasteiger partial charge on any atom is -0.478 e. The second kappa shape index (κ2) is 5.13. The van der Waals surface area contributed by atoms with Gasteiger partial charge in [-0.1, -0.05) is 0 Å². The molecule has 0 atom stereocenters. The van der Waals surface area contributed by atoms with E-state index in [1.165, 1.54) is 11.3 Å². The molecule has 0 fully saturated rings. The Labute approximate surface area is 135 Å². The number of aromatic nitrogens is 2. The van der Waals surface area contributed by atoms with Gasteiger partial charge in [-0.3, -0.25) is 4.40 Å². The van der Waals surface area contributed by atoms with Gasteiger partial charge in [0.05, 0.1) is 17.1 Å². The Morgan fingerprint density at radius 3 is 3.04 bits per heavy atom. The summed E-state index contributed by atoms with van der Waals surface area (Å²) >= 11 is 1.51. The lowest BCUT2D eigenvalue weighted by atomic mass is 10.1. The van der Waals surface area contributed by atoms with E-state index in [1.807, 2.05) is 34.9 Å². The number of aryl methyl sites for hydroxylation is 1. The fourth-order valence-electron chi connectivity index (χ4n) is 2.59. The minimum atomic E-state index is -0.987. The Balaban J connectivity index is 1.89. The number of imidazole rings is 1. The van der Waals surface area contributed by atoms with Gasteiger partial charge in [0.1, 0.15) is 0 Å². The molecule has 0 radical (unpaired) electrons. The molecule has 1 aliphatic heterocycles. The van der Waals surface area contributed by atoms with Crippen molar-refractivity contribution in [2.24, 2.45) is 0 Å². The zero-order valence-electron chi connectivity index (χ0n) is 12.1. The number of thiazole rings is 1. The molecule has 2 aromatic heterocycles. The second-order valence-corrected chi connectivity index (χ2v) is 5.90. The summed E-state index contributed by atoms with van der Waals surface area (Å²) in [6.45, 7) is 2.10. The maximum atomic E-state index is 10.8. The zero-order chi connectivity index (χ0) is 16.0. The van der Waals surface area contributed by atoms with E-state index < -0.39 is 5.97 Å². The van der Waals surface area contributed by atoms with Gasteiger partial charge < -0.3 is 14.6 Å². The van der Waals surface area contributed by atoms with Gasteiger partial charge >= 0.3 is 5.97 Å². The minimum absolute atomic E-state index is 0.231. The predicted molar refractivity (Wildman–Crippen MR) is 86.0 cm³/mol. The third-order valence-electron chi connectivity index (χ3n) is 3.64. The first-order chi connectivity index (χ1) is 11.1. The second-order valence-electron chi connectivity index (χ2n) is 5.06. The van der Waals surface area contributed by atoms with Crippen LogP contribution in [0.2, 0.25) is 0 Å². The Morgan fingerprint density at radius 1 is 1.39 bits per heavy atom. The lowest BCUT2D eigenvalue weighted by Gasteiger charge is -2.04. The molecule has 0 saturated heterocycles. The van der Waals surface area contributed by atoms with Crippen molar-refractivity contribution in [3.8, 4) is 22.8 Å². The summed E-state index contributed by atoms with van der Waals surface area (Å²) in [6, 6.07) is 5.75. The fraction of sp³-hybridized carbons (Fsp3) is 0.125. The maximum Gasteiger partial charge on any atom is 0.328 e. The maximum absolute atomic E-state index is 10.8. The largest absolute Gasteiger partial charge is 0.478 e. The van der Waals surface area contributed by atoms with E-state index in [9.17, 15) is 4.79 Å². The summed E-state index contributed by atoms with van der Waals surface area (Å²) in [7, 11) is 0. The quantitative estimate of drug-likeness (QED) is 0.748. The molecule has 0 spiro atoms. The van der Waals surface area contributed by atoms with Gasteiger partial charge in [-0.15, -0.1) is 11.3 Å². The van der Waals surface area contributed by atoms with E-state index in [-0.39, 0.29) is 6.79 Å². The third kappa shape index (κ3) is 2.25. The van der Waals surface area contributed by atoms with Crippen LogP contribution in [0.5, 0.6) is 11.5 Å². The number of hydrogen-bond acceptors (Lipinski definition) is 5. The molecule has 1 aliphatic rings. The van der Waals surface area contributed by atoms with Crippen molar-refractivity contribution in [3.05, 3.63) is 41.0 Å². The molecule has 3 heterocycles. The molecule has 7 heteroatoms. The number of carbonyl (C=O) groups is 1. The molecule has 23 heavy (non-hydrogen) atoms. The number of rotatable bonds is 3. The van der Waals surface area contributed by atoms with E-state index in [1.54, 1.807) is 6.08 Å². The Morgan fingerprint density at radius 2 is 2.22 bits per heavy atom. The molecule has 3 aromatic rings. The fourth-order valence-corrected chi connectivity index (χ4v) is 3.54. The topological polar surface area (TPSA) is 73.1 Å². The van der Waals surface area contributed by atoms with Crippen molar-refractivity contribution in [2.75, 3.05) is 6.79 Å². The van der Waals surface area contributed by atoms with Crippen LogP contribution in [0.1, 0.15) is 11.4 Å². The summed E-state index contributed by atoms with van der Waals surface area (Å²) < 4.78 is 12.7. The van der Waals surface area contributed by atoms with Crippen LogP contribution in [-0.2, 0) is 4.79 Å². The highest BCUT2D eigenvalue weighted by atomic mass is 32.1. The summed E-state index contributed by atoms with van der Waals surface area (Å²) in [5.74, 6) is 0.452. The van der Waals surface area contributed by atoms with Crippen molar-refractivity contribution in [1.29, 1.82) is 0 Å². The first kappa shape index (κ1) is 13.8. The Bertz CT molecular complexity index is 955. The molecule has 0 bridgehead atoms. The molecular formula is C16H12N2O4S. The van der Waals surface area contributed by atoms with Crippen molar-refractivity contribution in [3.63, 3.8) is 0 Å². The van der Waals surface area contributed by atoms with Crippen molar-refractivity contribution in [1.82, 2.24) is 9.38 Å². The highest BCUT2D eigenvalue weighted by Crippen LogP contribution is 2.37. The summed E-state index contributed by atoms with van der Waals surface area (Å²) in [5.41, 5.74) is 3.45. The van der Waals surface area contributed by atoms with Crippen LogP contribution in [-0.4, -0.2) is 27.3 Å². The number of fused-ring (bicyclic) bond motifs is 2. The van der Waals surface area contributed by atoms with Crippen LogP contribution in [0.25, 0.3) is 22.3 Å². The van der Waals surface area contributed by atoms with Gasteiger partial charge in [0.25, 0.3) is 0 Å². The number of ether oxygens (including phenoxy) is 2. The molecule has 1 N–H and O–H groups in total. The van der Waals surface area contributed by atoms with E-state index in [4.69, 9.17) is 14.6 Å². The lowest BCUT2D eigenvalue weighted by molar-refractivity contribution is -0.131. The molecule has 0 saturated carbocycles. The number of hydrogen-bond donors (Lipinski definition) is 1. The molecule has 116 valence electrons. The monoisotopic (exact) mass is 328 g/mol. The van der Waals surface area contributed by atoms with Gasteiger partial charge in [0.15, 0.2) is 16.5 Å². The average molecular weight is 328 g/mol. The number of benzene rings is 1. The first-order valence-corrected chi connectivity index (χ1v) is 7.79. The molecule has 0 unspecified atom stereocenters. The third-order valence-corrected chi connectivity index (χ3v) is 4.46. The Kier molecular flexibility index (Phi) is 3.09. The number of nitrogens with zero attached hydrogens (tertiary/aromatic N) is 2. The van der Waals surface area contributed by atoms with Gasteiger partial charge in [-0.05, 0) is 31.2 Å². The number of carboxylic acid groups (broad SMARTS) is 1. The first-order valence-electron chi connectivity index (χ1n) is 6.91. The highest BCUT2D eigenvalue weighted by Gasteiger charge is 2.18. The molecular weight excluding hydrogens is 316 g/mol. The Hall–Kier alpha value is -2.80. The average Bonchev–Trinajstić information content (AvgIpc) is 3.19. The summed E-state index contributed by atoms with van der Waals surface area (Å²) in [5, 5.41) is 10.9. The van der Waals surface area contributed by atoms with Crippen molar-refractivity contribution < 1.29 is 19.4 Å². The van der Waals surface area contributed by atoms with E-state index in [0.717, 1.165) is 39.4 Å². The smallest absolute Gasteiger partial charge is 0.328 e. The van der Waals surface area contributed by atoms with Crippen molar-refractivity contribution >= 4 is 28.3 Å². The van der Waals surface area contributed by atoms with E-state index in [0.29, 0.717) is 5.75 Å². The van der Waals surface area contributed by atoms with E-state index in [2.05, 4.69) is 4.98 Å². The molecule has 0 aliphatic carbocycles. The van der Waals surface area contributed by atoms with Gasteiger partial charge in [0.2, 0.25) is 6.79 Å². The highest BCUT2D eigenvalue weighted by molar-refractivity contribution is 7.15. The van der Waals surface area contributed by atoms with Gasteiger partial charge in [-0.2, -0.15) is 0 Å². The van der Waals surface area contributed by atoms with Crippen molar-refractivity contribution in [2.45, 2.75) is 6.92 Å². The lowest BCUT2D eigenvalue weighted by Crippen LogP contribution is -1.93. The molecule has 4 rings (SSSR count). The molecule has 1 aromatic carbocycles. The molecule has 0 amide bonds. The van der Waals surface area contributed by atoms with E-state index >= 15 is 0 Å². The number of carboxylic acids is 1. The van der Waals surface area contributed by atoms with Crippen LogP contribution in [0.4, 0.5) is 0 Å². The van der Waals surface area contributed by atoms with Crippen LogP contribution >= 0.6 is 11.3 Å². The SMILES string of the molecule is Cc1nc2scc(-c3ccc4c(c3)OCO4)n2c1/C=C/C(=O)O. The number of aliphatic carboxylic acids is 1. The van der Waals surface area contributed by atoms with Crippen LogP contribution in [0.3, 0.4) is 0 Å². The van der Waals surface area contributed by atoms with Crippen LogP contribution < -0.4 is 9.47 Å². The van der Waals surface area contributed by atoms with Gasteiger partial charge in [-0.25, -0.2) is 9.78 Å². The molecule has 6 nitrogen and oxygen atoms in total. The van der Waals surface area contributed by atoms with Crippen LogP contribution in [0, 0.1) is 6.92 Å². The zero-order valence-corrected chi connectivity index (χ0v) is 13.0. The summed E-state index contributed by atoms with van der Waals surface area (Å²) in [6.07, 6.45) is 2.69. The van der Waals surface area contributed by atoms with Gasteiger partial charge in [0, 0.05) is 17.0 Å². The van der Waals surface area contributed by atoms with Crippen LogP contribution in [0.15, 0.2) is 29.7 Å². The standard InChI is InChI=1S/C16H12N2O4S/c1-9-11(3-5-15(19)20)18-12(7-23-16(18)17-9)10-2-4-13-14(6-10)22-8-21-13/h2-7H,8H2,1H3,(H,19,20)/b5-3+. The summed E-state index contributed by atoms with van der Waals surface area (Å²) in [4.78, 5) is 16.1. The predicted octanol–water partition coefficient (Wildman–Crippen LogP) is 3.20. The normalized spacial score (nSPS) is 13.3.